The van der Waals surface area contributed by atoms with E-state index in [4.69, 9.17) is 0 Å². The maximum absolute atomic E-state index is 4.01. The minimum atomic E-state index is 0.734. The highest BCUT2D eigenvalue weighted by molar-refractivity contribution is 5.27. The molecule has 0 aliphatic carbocycles. The summed E-state index contributed by atoms with van der Waals surface area (Å²) in [7, 11) is 0. The van der Waals surface area contributed by atoms with Gasteiger partial charge in [0.2, 0.25) is 0 Å². The standard InChI is InChI=1S/C12H22.4C2H6/c1-6-9-11(7-2)12(8-3)10(4)5;4*1-2/h8,11H,4,6-7,9H2,1-3,5H3;4*1-2H3/b12-8+;;;;/t11-;;;;/m1..../s1. The van der Waals surface area contributed by atoms with Crippen LogP contribution in [0.3, 0.4) is 0 Å². The Morgan fingerprint density at radius 2 is 1.25 bits per heavy atom. The van der Waals surface area contributed by atoms with E-state index in [1.54, 1.807) is 0 Å². The predicted molar refractivity (Wildman–Crippen MR) is 103 cm³/mol. The zero-order valence-corrected chi connectivity index (χ0v) is 17.0. The average molecular weight is 287 g/mol. The van der Waals surface area contributed by atoms with E-state index in [1.807, 2.05) is 55.4 Å². The van der Waals surface area contributed by atoms with Crippen LogP contribution in [0.4, 0.5) is 0 Å². The number of hydrogen-bond donors (Lipinski definition) is 0. The van der Waals surface area contributed by atoms with Crippen LogP contribution >= 0.6 is 0 Å². The fourth-order valence-electron chi connectivity index (χ4n) is 1.76. The van der Waals surface area contributed by atoms with Gasteiger partial charge in [0.1, 0.15) is 0 Å². The molecule has 0 aliphatic rings. The minimum absolute atomic E-state index is 0.734. The summed E-state index contributed by atoms with van der Waals surface area (Å²) < 4.78 is 0. The summed E-state index contributed by atoms with van der Waals surface area (Å²) in [4.78, 5) is 0. The molecular weight excluding hydrogens is 240 g/mol. The lowest BCUT2D eigenvalue weighted by Gasteiger charge is -2.18. The van der Waals surface area contributed by atoms with E-state index in [0.717, 1.165) is 5.92 Å². The van der Waals surface area contributed by atoms with Crippen LogP contribution in [0.1, 0.15) is 102 Å². The Bertz CT molecular complexity index is 163. The first-order valence-corrected chi connectivity index (χ1v) is 8.99. The van der Waals surface area contributed by atoms with Gasteiger partial charge in [-0.1, -0.05) is 93.9 Å². The SMILES string of the molecule is C=C(C)/C(=C\C)[C@H](CC)CCC.CC.CC.CC.CC. The number of rotatable bonds is 5. The van der Waals surface area contributed by atoms with E-state index in [2.05, 4.69) is 40.3 Å². The molecule has 0 bridgehead atoms. The predicted octanol–water partition coefficient (Wildman–Crippen LogP) is 8.44. The Morgan fingerprint density at radius 3 is 1.40 bits per heavy atom. The molecule has 0 saturated carbocycles. The number of allylic oxidation sites excluding steroid dienone is 3. The molecule has 0 N–H and O–H groups in total. The lowest BCUT2D eigenvalue weighted by Crippen LogP contribution is -2.03. The maximum atomic E-state index is 4.01. The molecule has 126 valence electrons. The van der Waals surface area contributed by atoms with Crippen LogP contribution < -0.4 is 0 Å². The van der Waals surface area contributed by atoms with Gasteiger partial charge in [-0.2, -0.15) is 0 Å². The van der Waals surface area contributed by atoms with Crippen molar-refractivity contribution in [2.75, 3.05) is 0 Å². The summed E-state index contributed by atoms with van der Waals surface area (Å²) in [6.07, 6.45) is 6.01. The molecule has 0 aliphatic heterocycles. The van der Waals surface area contributed by atoms with Crippen molar-refractivity contribution in [1.29, 1.82) is 0 Å². The van der Waals surface area contributed by atoms with Crippen molar-refractivity contribution in [3.8, 4) is 0 Å². The zero-order chi connectivity index (χ0) is 17.6. The van der Waals surface area contributed by atoms with Crippen molar-refractivity contribution >= 4 is 0 Å². The molecule has 0 amide bonds. The molecule has 0 unspecified atom stereocenters. The molecule has 0 aromatic carbocycles. The zero-order valence-electron chi connectivity index (χ0n) is 17.0. The van der Waals surface area contributed by atoms with E-state index >= 15 is 0 Å². The Hall–Kier alpha value is -0.520. The van der Waals surface area contributed by atoms with Crippen molar-refractivity contribution in [3.05, 3.63) is 23.8 Å². The third-order valence-electron chi connectivity index (χ3n) is 2.37. The van der Waals surface area contributed by atoms with Gasteiger partial charge in [-0.3, -0.25) is 0 Å². The van der Waals surface area contributed by atoms with Gasteiger partial charge in [-0.15, -0.1) is 0 Å². The van der Waals surface area contributed by atoms with E-state index in [1.165, 1.54) is 30.4 Å². The van der Waals surface area contributed by atoms with Gasteiger partial charge in [0.15, 0.2) is 0 Å². The molecule has 0 heterocycles. The van der Waals surface area contributed by atoms with Crippen molar-refractivity contribution in [2.45, 2.75) is 102 Å². The second-order valence-electron chi connectivity index (χ2n) is 3.42. The Labute approximate surface area is 132 Å². The van der Waals surface area contributed by atoms with Crippen LogP contribution in [0.25, 0.3) is 0 Å². The molecule has 0 nitrogen and oxygen atoms in total. The van der Waals surface area contributed by atoms with Crippen LogP contribution in [0.5, 0.6) is 0 Å². The molecule has 20 heavy (non-hydrogen) atoms. The molecule has 1 atom stereocenters. The quantitative estimate of drug-likeness (QED) is 0.445. The van der Waals surface area contributed by atoms with Gasteiger partial charge in [0.25, 0.3) is 0 Å². The second-order valence-corrected chi connectivity index (χ2v) is 3.42. The van der Waals surface area contributed by atoms with Crippen molar-refractivity contribution in [3.63, 3.8) is 0 Å². The van der Waals surface area contributed by atoms with Crippen LogP contribution in [0.15, 0.2) is 23.8 Å². The molecular formula is C20H46. The molecule has 0 spiro atoms. The molecule has 0 aromatic rings. The maximum Gasteiger partial charge on any atom is -0.0166 e. The largest absolute Gasteiger partial charge is 0.0958 e. The van der Waals surface area contributed by atoms with Crippen molar-refractivity contribution in [1.82, 2.24) is 0 Å². The molecule has 0 radical (unpaired) electrons. The highest BCUT2D eigenvalue weighted by atomic mass is 14.2. The average Bonchev–Trinajstić information content (AvgIpc) is 2.54. The smallest absolute Gasteiger partial charge is 0.0166 e. The Kier molecular flexibility index (Phi) is 57.5. The lowest BCUT2D eigenvalue weighted by atomic mass is 9.88. The highest BCUT2D eigenvalue weighted by Crippen LogP contribution is 2.25. The van der Waals surface area contributed by atoms with Gasteiger partial charge in [0.05, 0.1) is 0 Å². The molecule has 0 rings (SSSR count). The highest BCUT2D eigenvalue weighted by Gasteiger charge is 2.10. The normalized spacial score (nSPS) is 9.90. The third-order valence-corrected chi connectivity index (χ3v) is 2.37. The minimum Gasteiger partial charge on any atom is -0.0958 e. The van der Waals surface area contributed by atoms with Gasteiger partial charge < -0.3 is 0 Å². The first kappa shape index (κ1) is 31.7. The van der Waals surface area contributed by atoms with Crippen LogP contribution in [0.2, 0.25) is 0 Å². The molecule has 0 aromatic heterocycles. The van der Waals surface area contributed by atoms with Gasteiger partial charge in [-0.25, -0.2) is 0 Å². The summed E-state index contributed by atoms with van der Waals surface area (Å²) in [5.74, 6) is 0.734. The van der Waals surface area contributed by atoms with Gasteiger partial charge in [-0.05, 0) is 38.2 Å². The summed E-state index contributed by atoms with van der Waals surface area (Å²) in [6, 6.07) is 0. The van der Waals surface area contributed by atoms with Gasteiger partial charge in [0, 0.05) is 0 Å². The van der Waals surface area contributed by atoms with E-state index in [-0.39, 0.29) is 0 Å². The molecule has 0 saturated heterocycles. The third kappa shape index (κ3) is 22.6. The lowest BCUT2D eigenvalue weighted by molar-refractivity contribution is 0.538. The van der Waals surface area contributed by atoms with Gasteiger partial charge >= 0.3 is 0 Å². The summed E-state index contributed by atoms with van der Waals surface area (Å²) in [6.45, 7) is 28.7. The topological polar surface area (TPSA) is 0 Å². The van der Waals surface area contributed by atoms with Crippen molar-refractivity contribution < 1.29 is 0 Å². The Morgan fingerprint density at radius 1 is 0.900 bits per heavy atom. The summed E-state index contributed by atoms with van der Waals surface area (Å²) in [5.41, 5.74) is 2.69. The van der Waals surface area contributed by atoms with Crippen LogP contribution in [0, 0.1) is 5.92 Å². The summed E-state index contributed by atoms with van der Waals surface area (Å²) in [5, 5.41) is 0. The fraction of sp³-hybridized carbons (Fsp3) is 0.800. The second kappa shape index (κ2) is 36.3. The first-order valence-electron chi connectivity index (χ1n) is 8.99. The fourth-order valence-corrected chi connectivity index (χ4v) is 1.76. The summed E-state index contributed by atoms with van der Waals surface area (Å²) >= 11 is 0. The van der Waals surface area contributed by atoms with Crippen LogP contribution in [-0.2, 0) is 0 Å². The molecule has 0 fully saturated rings. The van der Waals surface area contributed by atoms with Crippen molar-refractivity contribution in [2.24, 2.45) is 5.92 Å². The Balaban J connectivity index is -0.0000000799. The monoisotopic (exact) mass is 286 g/mol. The van der Waals surface area contributed by atoms with E-state index in [0.29, 0.717) is 0 Å². The first-order chi connectivity index (χ1) is 9.67. The van der Waals surface area contributed by atoms with E-state index in [9.17, 15) is 0 Å². The van der Waals surface area contributed by atoms with Crippen LogP contribution in [-0.4, -0.2) is 0 Å². The van der Waals surface area contributed by atoms with E-state index < -0.39 is 0 Å². The molecule has 0 heteroatoms. The number of hydrogen-bond acceptors (Lipinski definition) is 0.